The Morgan fingerprint density at radius 2 is 1.97 bits per heavy atom. The quantitative estimate of drug-likeness (QED) is 0.443. The topological polar surface area (TPSA) is 119 Å². The van der Waals surface area contributed by atoms with Gasteiger partial charge < -0.3 is 15.0 Å². The second-order valence-electron chi connectivity index (χ2n) is 7.14. The van der Waals surface area contributed by atoms with Crippen LogP contribution in [0.5, 0.6) is 0 Å². The number of ether oxygens (including phenoxy) is 1. The molecule has 1 aliphatic rings. The molecule has 156 valence electrons. The number of nitro benzene ring substituents is 1. The Balaban J connectivity index is 1.55. The van der Waals surface area contributed by atoms with Gasteiger partial charge in [0, 0.05) is 30.8 Å². The van der Waals surface area contributed by atoms with E-state index in [1.54, 1.807) is 12.1 Å². The molecule has 9 heteroatoms. The molecule has 1 aliphatic heterocycles. The first-order valence-electron chi connectivity index (χ1n) is 9.33. The van der Waals surface area contributed by atoms with Crippen LogP contribution in [0.4, 0.5) is 17.1 Å². The number of rotatable bonds is 6. The van der Waals surface area contributed by atoms with E-state index in [0.717, 1.165) is 11.1 Å². The Labute approximate surface area is 172 Å². The number of amides is 2. The van der Waals surface area contributed by atoms with E-state index < -0.39 is 29.3 Å². The molecular weight excluding hydrogens is 390 g/mol. The Kier molecular flexibility index (Phi) is 6.10. The summed E-state index contributed by atoms with van der Waals surface area (Å²) in [5.41, 5.74) is 2.92. The van der Waals surface area contributed by atoms with E-state index in [4.69, 9.17) is 4.74 Å². The van der Waals surface area contributed by atoms with Gasteiger partial charge in [0.2, 0.25) is 5.91 Å². The summed E-state index contributed by atoms with van der Waals surface area (Å²) in [6.07, 6.45) is -0.0830. The highest BCUT2D eigenvalue weighted by molar-refractivity contribution is 6.00. The van der Waals surface area contributed by atoms with Crippen molar-refractivity contribution in [2.45, 2.75) is 20.3 Å². The molecule has 0 radical (unpaired) electrons. The first-order chi connectivity index (χ1) is 14.2. The molecular formula is C21H21N3O6. The number of carbonyl (C=O) groups is 3. The van der Waals surface area contributed by atoms with Crippen molar-refractivity contribution in [3.63, 3.8) is 0 Å². The molecule has 1 atom stereocenters. The van der Waals surface area contributed by atoms with Gasteiger partial charge in [-0.25, -0.2) is 0 Å². The van der Waals surface area contributed by atoms with Gasteiger partial charge in [-0.05, 0) is 43.2 Å². The summed E-state index contributed by atoms with van der Waals surface area (Å²) in [6, 6.07) is 11.1. The van der Waals surface area contributed by atoms with Crippen molar-refractivity contribution < 1.29 is 24.0 Å². The summed E-state index contributed by atoms with van der Waals surface area (Å²) in [5, 5.41) is 13.6. The SMILES string of the molecule is Cc1ccc(NC(=O)COC(=O)[C@@H]2CC(=O)N(c3cccc([N+](=O)[O-])c3)C2)cc1C. The molecule has 1 N–H and O–H groups in total. The lowest BCUT2D eigenvalue weighted by molar-refractivity contribution is -0.384. The Morgan fingerprint density at radius 3 is 2.67 bits per heavy atom. The lowest BCUT2D eigenvalue weighted by Gasteiger charge is -2.16. The van der Waals surface area contributed by atoms with E-state index in [-0.39, 0.29) is 24.6 Å². The lowest BCUT2D eigenvalue weighted by Crippen LogP contribution is -2.28. The summed E-state index contributed by atoms with van der Waals surface area (Å²) < 4.78 is 5.07. The molecule has 2 aromatic rings. The van der Waals surface area contributed by atoms with Crippen molar-refractivity contribution in [3.8, 4) is 0 Å². The van der Waals surface area contributed by atoms with E-state index in [2.05, 4.69) is 5.32 Å². The molecule has 2 amide bonds. The summed E-state index contributed by atoms with van der Waals surface area (Å²) in [5.74, 6) is -2.22. The molecule has 1 heterocycles. The average Bonchev–Trinajstić information content (AvgIpc) is 3.11. The van der Waals surface area contributed by atoms with Gasteiger partial charge in [-0.3, -0.25) is 24.5 Å². The number of hydrogen-bond donors (Lipinski definition) is 1. The van der Waals surface area contributed by atoms with Gasteiger partial charge in [0.05, 0.1) is 16.5 Å². The van der Waals surface area contributed by atoms with Crippen molar-refractivity contribution in [2.75, 3.05) is 23.4 Å². The van der Waals surface area contributed by atoms with Crippen LogP contribution in [0.15, 0.2) is 42.5 Å². The fourth-order valence-electron chi connectivity index (χ4n) is 3.16. The van der Waals surface area contributed by atoms with Crippen LogP contribution in [0, 0.1) is 29.9 Å². The molecule has 0 bridgehead atoms. The maximum Gasteiger partial charge on any atom is 0.311 e. The number of non-ortho nitro benzene ring substituents is 1. The zero-order chi connectivity index (χ0) is 21.8. The summed E-state index contributed by atoms with van der Waals surface area (Å²) in [7, 11) is 0. The normalized spacial score (nSPS) is 15.7. The van der Waals surface area contributed by atoms with Gasteiger partial charge in [-0.15, -0.1) is 0 Å². The molecule has 1 fully saturated rings. The van der Waals surface area contributed by atoms with Crippen LogP contribution < -0.4 is 10.2 Å². The summed E-state index contributed by atoms with van der Waals surface area (Å²) in [6.45, 7) is 3.46. The van der Waals surface area contributed by atoms with E-state index >= 15 is 0 Å². The van der Waals surface area contributed by atoms with E-state index in [1.807, 2.05) is 26.0 Å². The van der Waals surface area contributed by atoms with Crippen molar-refractivity contribution in [3.05, 3.63) is 63.7 Å². The third-order valence-electron chi connectivity index (χ3n) is 4.95. The second kappa shape index (κ2) is 8.73. The number of aryl methyl sites for hydroxylation is 2. The lowest BCUT2D eigenvalue weighted by atomic mass is 10.1. The van der Waals surface area contributed by atoms with Crippen molar-refractivity contribution in [1.82, 2.24) is 0 Å². The number of anilines is 2. The third-order valence-corrected chi connectivity index (χ3v) is 4.95. The average molecular weight is 411 g/mol. The fourth-order valence-corrected chi connectivity index (χ4v) is 3.16. The zero-order valence-electron chi connectivity index (χ0n) is 16.6. The van der Waals surface area contributed by atoms with Crippen LogP contribution in [0.25, 0.3) is 0 Å². The van der Waals surface area contributed by atoms with E-state index in [0.29, 0.717) is 11.4 Å². The Hall–Kier alpha value is -3.75. The van der Waals surface area contributed by atoms with Crippen LogP contribution in [0.2, 0.25) is 0 Å². The standard InChI is InChI=1S/C21H21N3O6/c1-13-6-7-16(8-14(13)2)22-19(25)12-30-21(27)15-9-20(26)23(11-15)17-4-3-5-18(10-17)24(28)29/h3-8,10,15H,9,11-12H2,1-2H3,(H,22,25)/t15-/m1/s1. The number of esters is 1. The van der Waals surface area contributed by atoms with Crippen LogP contribution in [0.3, 0.4) is 0 Å². The minimum absolute atomic E-state index is 0.0393. The molecule has 30 heavy (non-hydrogen) atoms. The largest absolute Gasteiger partial charge is 0.455 e. The smallest absolute Gasteiger partial charge is 0.311 e. The summed E-state index contributed by atoms with van der Waals surface area (Å²) in [4.78, 5) is 48.3. The highest BCUT2D eigenvalue weighted by Crippen LogP contribution is 2.28. The maximum atomic E-state index is 12.3. The number of benzene rings is 2. The van der Waals surface area contributed by atoms with Gasteiger partial charge >= 0.3 is 5.97 Å². The highest BCUT2D eigenvalue weighted by atomic mass is 16.6. The van der Waals surface area contributed by atoms with E-state index in [9.17, 15) is 24.5 Å². The number of hydrogen-bond acceptors (Lipinski definition) is 6. The molecule has 9 nitrogen and oxygen atoms in total. The number of nitrogens with zero attached hydrogens (tertiary/aromatic N) is 2. The van der Waals surface area contributed by atoms with Gasteiger partial charge in [0.15, 0.2) is 6.61 Å². The first-order valence-corrected chi connectivity index (χ1v) is 9.33. The molecule has 2 aromatic carbocycles. The van der Waals surface area contributed by atoms with E-state index in [1.165, 1.54) is 23.1 Å². The molecule has 0 spiro atoms. The number of nitro groups is 1. The second-order valence-corrected chi connectivity index (χ2v) is 7.14. The first kappa shape index (κ1) is 21.0. The molecule has 0 saturated carbocycles. The van der Waals surface area contributed by atoms with Gasteiger partial charge in [0.1, 0.15) is 0 Å². The van der Waals surface area contributed by atoms with Crippen molar-refractivity contribution >= 4 is 34.8 Å². The molecule has 0 aromatic heterocycles. The summed E-state index contributed by atoms with van der Waals surface area (Å²) >= 11 is 0. The van der Waals surface area contributed by atoms with Crippen molar-refractivity contribution in [2.24, 2.45) is 5.92 Å². The Bertz CT molecular complexity index is 1020. The van der Waals surface area contributed by atoms with Crippen LogP contribution >= 0.6 is 0 Å². The minimum Gasteiger partial charge on any atom is -0.455 e. The molecule has 3 rings (SSSR count). The third kappa shape index (κ3) is 4.80. The monoisotopic (exact) mass is 411 g/mol. The Morgan fingerprint density at radius 1 is 1.20 bits per heavy atom. The zero-order valence-corrected chi connectivity index (χ0v) is 16.6. The minimum atomic E-state index is -0.744. The fraction of sp³-hybridized carbons (Fsp3) is 0.286. The molecule has 0 aliphatic carbocycles. The number of nitrogens with one attached hydrogen (secondary N) is 1. The maximum absolute atomic E-state index is 12.3. The van der Waals surface area contributed by atoms with Crippen LogP contribution in [-0.4, -0.2) is 35.9 Å². The van der Waals surface area contributed by atoms with Crippen LogP contribution in [0.1, 0.15) is 17.5 Å². The van der Waals surface area contributed by atoms with Gasteiger partial charge in [-0.2, -0.15) is 0 Å². The van der Waals surface area contributed by atoms with Crippen LogP contribution in [-0.2, 0) is 19.1 Å². The van der Waals surface area contributed by atoms with Gasteiger partial charge in [0.25, 0.3) is 11.6 Å². The predicted octanol–water partition coefficient (Wildman–Crippen LogP) is 2.75. The van der Waals surface area contributed by atoms with Gasteiger partial charge in [-0.1, -0.05) is 12.1 Å². The van der Waals surface area contributed by atoms with Crippen molar-refractivity contribution in [1.29, 1.82) is 0 Å². The molecule has 1 saturated heterocycles. The predicted molar refractivity (Wildman–Crippen MR) is 109 cm³/mol. The molecule has 0 unspecified atom stereocenters. The number of carbonyl (C=O) groups excluding carboxylic acids is 3. The highest BCUT2D eigenvalue weighted by Gasteiger charge is 2.36.